The van der Waals surface area contributed by atoms with Crippen LogP contribution >= 0.6 is 0 Å². The number of halogens is 5. The van der Waals surface area contributed by atoms with Crippen molar-refractivity contribution in [3.8, 4) is 0 Å². The zero-order valence-electron chi connectivity index (χ0n) is 19.4. The maximum Gasteiger partial charge on any atom is 0.389 e. The number of fused-ring (bicyclic) bond motifs is 1. The van der Waals surface area contributed by atoms with Crippen molar-refractivity contribution < 1.29 is 31.5 Å². The van der Waals surface area contributed by atoms with Crippen LogP contribution in [0.25, 0.3) is 11.0 Å². The molecule has 2 fully saturated rings. The molecule has 2 aliphatic rings. The van der Waals surface area contributed by atoms with E-state index in [4.69, 9.17) is 0 Å². The molecule has 4 rings (SSSR count). The fraction of sp³-hybridized carbons (Fsp3) is 0.625. The van der Waals surface area contributed by atoms with Crippen LogP contribution in [0.2, 0.25) is 0 Å². The lowest BCUT2D eigenvalue weighted by Crippen LogP contribution is -2.38. The number of benzene rings is 1. The summed E-state index contributed by atoms with van der Waals surface area (Å²) in [7, 11) is 0. The van der Waals surface area contributed by atoms with Gasteiger partial charge in [-0.3, -0.25) is 9.59 Å². The quantitative estimate of drug-likeness (QED) is 0.420. The smallest absolute Gasteiger partial charge is 0.350 e. The highest BCUT2D eigenvalue weighted by Crippen LogP contribution is 2.42. The largest absolute Gasteiger partial charge is 0.389 e. The van der Waals surface area contributed by atoms with Crippen LogP contribution in [0.1, 0.15) is 81.8 Å². The lowest BCUT2D eigenvalue weighted by atomic mass is 9.81. The molecule has 2 aromatic rings. The zero-order valence-corrected chi connectivity index (χ0v) is 19.4. The van der Waals surface area contributed by atoms with Gasteiger partial charge in [-0.2, -0.15) is 13.2 Å². The number of nitrogens with one attached hydrogen (secondary N) is 3. The number of nitrogens with zero attached hydrogens (tertiary/aromatic N) is 1. The molecule has 0 saturated heterocycles. The molecule has 2 amide bonds. The molecular formula is C24H29F5N4O2. The average Bonchev–Trinajstić information content (AvgIpc) is 3.54. The van der Waals surface area contributed by atoms with E-state index in [1.54, 1.807) is 25.1 Å². The number of H-pyrrole nitrogens is 1. The number of imidazole rings is 1. The second-order valence-corrected chi connectivity index (χ2v) is 9.76. The second-order valence-electron chi connectivity index (χ2n) is 9.76. The maximum atomic E-state index is 13.7. The molecule has 1 heterocycles. The summed E-state index contributed by atoms with van der Waals surface area (Å²) in [5, 5.41) is 5.58. The molecule has 2 aliphatic carbocycles. The summed E-state index contributed by atoms with van der Waals surface area (Å²) in [4.78, 5) is 32.2. The predicted octanol–water partition coefficient (Wildman–Crippen LogP) is 5.48. The van der Waals surface area contributed by atoms with E-state index >= 15 is 0 Å². The molecule has 0 radical (unpaired) electrons. The summed E-state index contributed by atoms with van der Waals surface area (Å²) >= 11 is 0. The van der Waals surface area contributed by atoms with Gasteiger partial charge >= 0.3 is 6.18 Å². The minimum Gasteiger partial charge on any atom is -0.350 e. The fourth-order valence-electron chi connectivity index (χ4n) is 4.53. The molecule has 3 N–H and O–H groups in total. The number of amides is 2. The van der Waals surface area contributed by atoms with Gasteiger partial charge in [0.25, 0.3) is 0 Å². The topological polar surface area (TPSA) is 86.9 Å². The Labute approximate surface area is 199 Å². The van der Waals surface area contributed by atoms with Crippen molar-refractivity contribution in [3.63, 3.8) is 0 Å². The first kappa shape index (κ1) is 25.4. The molecule has 11 heteroatoms. The molecule has 35 heavy (non-hydrogen) atoms. The summed E-state index contributed by atoms with van der Waals surface area (Å²) < 4.78 is 64.6. The van der Waals surface area contributed by atoms with Crippen molar-refractivity contribution in [2.75, 3.05) is 0 Å². The van der Waals surface area contributed by atoms with Crippen molar-refractivity contribution in [2.24, 2.45) is 11.8 Å². The van der Waals surface area contributed by atoms with Gasteiger partial charge in [0.15, 0.2) is 0 Å². The minimum absolute atomic E-state index is 0.0414. The Bertz CT molecular complexity index is 1070. The van der Waals surface area contributed by atoms with E-state index in [9.17, 15) is 31.5 Å². The first-order valence-corrected chi connectivity index (χ1v) is 11.9. The van der Waals surface area contributed by atoms with E-state index in [1.807, 2.05) is 0 Å². The van der Waals surface area contributed by atoms with E-state index in [-0.39, 0.29) is 43.4 Å². The van der Waals surface area contributed by atoms with Crippen LogP contribution in [0.5, 0.6) is 0 Å². The van der Waals surface area contributed by atoms with Crippen LogP contribution in [0.4, 0.5) is 22.0 Å². The maximum absolute atomic E-state index is 13.7. The average molecular weight is 501 g/mol. The fourth-order valence-corrected chi connectivity index (χ4v) is 4.53. The molecule has 0 bridgehead atoms. The molecule has 1 aromatic heterocycles. The molecule has 0 unspecified atom stereocenters. The van der Waals surface area contributed by atoms with Crippen molar-refractivity contribution in [1.82, 2.24) is 20.6 Å². The Morgan fingerprint density at radius 1 is 1.14 bits per heavy atom. The van der Waals surface area contributed by atoms with Crippen LogP contribution in [0, 0.1) is 11.8 Å². The first-order chi connectivity index (χ1) is 16.4. The van der Waals surface area contributed by atoms with Crippen molar-refractivity contribution in [1.29, 1.82) is 0 Å². The summed E-state index contributed by atoms with van der Waals surface area (Å²) in [5.74, 6) is -3.21. The van der Waals surface area contributed by atoms with Gasteiger partial charge in [-0.05, 0) is 56.2 Å². The van der Waals surface area contributed by atoms with Crippen molar-refractivity contribution in [2.45, 2.75) is 82.5 Å². The number of alkyl halides is 5. The highest BCUT2D eigenvalue weighted by atomic mass is 19.4. The summed E-state index contributed by atoms with van der Waals surface area (Å²) in [6.45, 7) is 1.67. The standard InChI is InChI=1S/C24H29F5N4O2/c1-13(30-19(34)8-11-24(27,28)29)16-4-5-17-18(12-16)32-21(31-17)20(33-22(35)15-2-3-15)14-6-9-23(25,26)10-7-14/h4-5,12-15,20H,2-3,6-11H2,1H3,(H,30,34)(H,31,32)(H,33,35)/t13-,20+/m1/s1. The third kappa shape index (κ3) is 6.70. The van der Waals surface area contributed by atoms with Gasteiger partial charge < -0.3 is 15.6 Å². The molecular weight excluding hydrogens is 471 g/mol. The number of hydrogen-bond donors (Lipinski definition) is 3. The first-order valence-electron chi connectivity index (χ1n) is 11.9. The van der Waals surface area contributed by atoms with Gasteiger partial charge in [0, 0.05) is 25.2 Å². The number of aromatic amines is 1. The summed E-state index contributed by atoms with van der Waals surface area (Å²) in [6.07, 6.45) is -4.52. The lowest BCUT2D eigenvalue weighted by molar-refractivity contribution is -0.144. The molecule has 2 atom stereocenters. The Kier molecular flexibility index (Phi) is 7.06. The molecule has 0 aliphatic heterocycles. The Morgan fingerprint density at radius 2 is 1.83 bits per heavy atom. The third-order valence-electron chi connectivity index (χ3n) is 6.81. The monoisotopic (exact) mass is 500 g/mol. The van der Waals surface area contributed by atoms with Crippen LogP contribution < -0.4 is 10.6 Å². The zero-order chi connectivity index (χ0) is 25.4. The number of rotatable bonds is 8. The Hall–Kier alpha value is -2.72. The van der Waals surface area contributed by atoms with Gasteiger partial charge in [0.05, 0.1) is 29.5 Å². The van der Waals surface area contributed by atoms with E-state index in [0.29, 0.717) is 22.4 Å². The highest BCUT2D eigenvalue weighted by Gasteiger charge is 2.41. The second kappa shape index (κ2) is 9.73. The molecule has 2 saturated carbocycles. The van der Waals surface area contributed by atoms with E-state index in [1.165, 1.54) is 0 Å². The summed E-state index contributed by atoms with van der Waals surface area (Å²) in [5.41, 5.74) is 1.89. The normalized spacial score (nSPS) is 20.4. The Morgan fingerprint density at radius 3 is 2.46 bits per heavy atom. The minimum atomic E-state index is -4.40. The summed E-state index contributed by atoms with van der Waals surface area (Å²) in [6, 6.07) is 4.14. The van der Waals surface area contributed by atoms with Gasteiger partial charge in [-0.15, -0.1) is 0 Å². The van der Waals surface area contributed by atoms with E-state index in [2.05, 4.69) is 20.6 Å². The number of aromatic nitrogens is 2. The van der Waals surface area contributed by atoms with Gasteiger partial charge in [-0.1, -0.05) is 6.07 Å². The van der Waals surface area contributed by atoms with Crippen molar-refractivity contribution in [3.05, 3.63) is 29.6 Å². The molecule has 6 nitrogen and oxygen atoms in total. The van der Waals surface area contributed by atoms with E-state index in [0.717, 1.165) is 12.8 Å². The van der Waals surface area contributed by atoms with Crippen LogP contribution in [0.15, 0.2) is 18.2 Å². The highest BCUT2D eigenvalue weighted by molar-refractivity contribution is 5.82. The van der Waals surface area contributed by atoms with E-state index < -0.39 is 42.9 Å². The van der Waals surface area contributed by atoms with Crippen LogP contribution in [-0.4, -0.2) is 33.9 Å². The van der Waals surface area contributed by atoms with Gasteiger partial charge in [-0.25, -0.2) is 13.8 Å². The molecule has 192 valence electrons. The van der Waals surface area contributed by atoms with Crippen molar-refractivity contribution >= 4 is 22.8 Å². The molecule has 1 aromatic carbocycles. The lowest BCUT2D eigenvalue weighted by Gasteiger charge is -2.33. The SMILES string of the molecule is C[C@@H](NC(=O)CCC(F)(F)F)c1ccc2[nH]c([C@@H](NC(=O)C3CC3)C3CCC(F)(F)CC3)nc2c1. The van der Waals surface area contributed by atoms with Crippen LogP contribution in [-0.2, 0) is 9.59 Å². The third-order valence-corrected chi connectivity index (χ3v) is 6.81. The number of carbonyl (C=O) groups excluding carboxylic acids is 2. The van der Waals surface area contributed by atoms with Gasteiger partial charge in [0.1, 0.15) is 5.82 Å². The van der Waals surface area contributed by atoms with Crippen LogP contribution in [0.3, 0.4) is 0 Å². The molecule has 0 spiro atoms. The predicted molar refractivity (Wildman–Crippen MR) is 118 cm³/mol. The number of hydrogen-bond acceptors (Lipinski definition) is 3. The Balaban J connectivity index is 1.50. The number of carbonyl (C=O) groups is 2. The van der Waals surface area contributed by atoms with Gasteiger partial charge in [0.2, 0.25) is 17.7 Å².